The number of hydrogen-bond donors (Lipinski definition) is 0. The van der Waals surface area contributed by atoms with Crippen molar-refractivity contribution < 1.29 is 9.53 Å². The Balaban J connectivity index is 1.75. The first-order chi connectivity index (χ1) is 11.8. The number of hydrogen-bond acceptors (Lipinski definition) is 3. The number of rotatable bonds is 5. The summed E-state index contributed by atoms with van der Waals surface area (Å²) < 4.78 is 6.70. The Morgan fingerprint density at radius 3 is 2.58 bits per heavy atom. The molecule has 120 valence electrons. The Bertz CT molecular complexity index is 834. The summed E-state index contributed by atoms with van der Waals surface area (Å²) in [4.78, 5) is 15.6. The number of nitrogens with zero attached hydrogens (tertiary/aromatic N) is 2. The molecule has 0 aliphatic carbocycles. The van der Waals surface area contributed by atoms with Crippen LogP contribution < -0.4 is 0 Å². The van der Waals surface area contributed by atoms with Gasteiger partial charge in [-0.15, -0.1) is 0 Å². The first-order valence-electron chi connectivity index (χ1n) is 7.68. The lowest BCUT2D eigenvalue weighted by Gasteiger charge is -2.08. The molecule has 3 rings (SSSR count). The van der Waals surface area contributed by atoms with Crippen LogP contribution in [0.25, 0.3) is 17.5 Å². The largest absolute Gasteiger partial charge is 0.466 e. The number of aromatic nitrogens is 2. The maximum atomic E-state index is 11.1. The maximum absolute atomic E-state index is 11.1. The van der Waals surface area contributed by atoms with Crippen LogP contribution in [-0.2, 0) is 16.1 Å². The van der Waals surface area contributed by atoms with Gasteiger partial charge >= 0.3 is 5.97 Å². The maximum Gasteiger partial charge on any atom is 0.330 e. The van der Waals surface area contributed by atoms with Gasteiger partial charge in [-0.25, -0.2) is 9.78 Å². The SMILES string of the molecule is COC(=O)C=Cc1ccc(Cn2ccnc2-c2ccccc2)cc1. The third-order valence-electron chi connectivity index (χ3n) is 3.69. The number of benzene rings is 2. The molecule has 4 nitrogen and oxygen atoms in total. The molecule has 0 aliphatic heterocycles. The summed E-state index contributed by atoms with van der Waals surface area (Å²) in [6.07, 6.45) is 6.95. The van der Waals surface area contributed by atoms with E-state index in [4.69, 9.17) is 0 Å². The first-order valence-corrected chi connectivity index (χ1v) is 7.68. The molecule has 1 heterocycles. The third-order valence-corrected chi connectivity index (χ3v) is 3.69. The number of methoxy groups -OCH3 is 1. The van der Waals surface area contributed by atoms with Crippen LogP contribution in [0.15, 0.2) is 73.1 Å². The molecule has 0 unspecified atom stereocenters. The van der Waals surface area contributed by atoms with Crippen molar-refractivity contribution in [1.29, 1.82) is 0 Å². The zero-order valence-corrected chi connectivity index (χ0v) is 13.4. The monoisotopic (exact) mass is 318 g/mol. The number of imidazole rings is 1. The van der Waals surface area contributed by atoms with Crippen molar-refractivity contribution in [3.63, 3.8) is 0 Å². The molecular formula is C20H18N2O2. The standard InChI is InChI=1S/C20H18N2O2/c1-24-19(23)12-11-16-7-9-17(10-8-16)15-22-14-13-21-20(22)18-5-3-2-4-6-18/h2-14H,15H2,1H3. The van der Waals surface area contributed by atoms with Gasteiger partial charge in [0, 0.05) is 30.6 Å². The average Bonchev–Trinajstić information content (AvgIpc) is 3.09. The number of esters is 1. The van der Waals surface area contributed by atoms with Crippen LogP contribution in [0.4, 0.5) is 0 Å². The van der Waals surface area contributed by atoms with Gasteiger partial charge in [0.05, 0.1) is 7.11 Å². The summed E-state index contributed by atoms with van der Waals surface area (Å²) in [5.41, 5.74) is 3.22. The summed E-state index contributed by atoms with van der Waals surface area (Å²) in [6, 6.07) is 18.2. The van der Waals surface area contributed by atoms with Gasteiger partial charge in [-0.1, -0.05) is 54.6 Å². The lowest BCUT2D eigenvalue weighted by molar-refractivity contribution is -0.134. The fourth-order valence-corrected chi connectivity index (χ4v) is 2.45. The van der Waals surface area contributed by atoms with Gasteiger partial charge in [0.2, 0.25) is 0 Å². The van der Waals surface area contributed by atoms with Crippen LogP contribution in [-0.4, -0.2) is 22.6 Å². The van der Waals surface area contributed by atoms with Gasteiger partial charge in [0.25, 0.3) is 0 Å². The summed E-state index contributed by atoms with van der Waals surface area (Å²) >= 11 is 0. The molecule has 0 atom stereocenters. The van der Waals surface area contributed by atoms with Gasteiger partial charge in [0.15, 0.2) is 0 Å². The minimum atomic E-state index is -0.356. The second kappa shape index (κ2) is 7.42. The fraction of sp³-hybridized carbons (Fsp3) is 0.100. The highest BCUT2D eigenvalue weighted by Gasteiger charge is 2.05. The summed E-state index contributed by atoms with van der Waals surface area (Å²) in [7, 11) is 1.37. The molecule has 0 N–H and O–H groups in total. The van der Waals surface area contributed by atoms with Crippen LogP contribution >= 0.6 is 0 Å². The highest BCUT2D eigenvalue weighted by molar-refractivity contribution is 5.86. The Morgan fingerprint density at radius 1 is 1.12 bits per heavy atom. The minimum absolute atomic E-state index is 0.356. The predicted molar refractivity (Wildman–Crippen MR) is 94.3 cm³/mol. The van der Waals surface area contributed by atoms with Crippen LogP contribution in [0.5, 0.6) is 0 Å². The second-order valence-electron chi connectivity index (χ2n) is 5.34. The zero-order valence-electron chi connectivity index (χ0n) is 13.4. The molecule has 1 aromatic heterocycles. The molecule has 0 radical (unpaired) electrons. The average molecular weight is 318 g/mol. The molecule has 0 saturated heterocycles. The van der Waals surface area contributed by atoms with Gasteiger partial charge < -0.3 is 9.30 Å². The molecular weight excluding hydrogens is 300 g/mol. The van der Waals surface area contributed by atoms with Crippen LogP contribution in [0.3, 0.4) is 0 Å². The summed E-state index contributed by atoms with van der Waals surface area (Å²) in [5, 5.41) is 0. The third kappa shape index (κ3) is 3.79. The Kier molecular flexibility index (Phi) is 4.87. The molecule has 2 aromatic carbocycles. The topological polar surface area (TPSA) is 44.1 Å². The van der Waals surface area contributed by atoms with E-state index in [1.165, 1.54) is 18.7 Å². The zero-order chi connectivity index (χ0) is 16.8. The normalized spacial score (nSPS) is 10.9. The van der Waals surface area contributed by atoms with E-state index >= 15 is 0 Å². The molecule has 24 heavy (non-hydrogen) atoms. The molecule has 0 bridgehead atoms. The van der Waals surface area contributed by atoms with E-state index in [-0.39, 0.29) is 5.97 Å². The Morgan fingerprint density at radius 2 is 1.88 bits per heavy atom. The van der Waals surface area contributed by atoms with Gasteiger partial charge in [-0.2, -0.15) is 0 Å². The van der Waals surface area contributed by atoms with Crippen LogP contribution in [0, 0.1) is 0 Å². The Labute approximate surface area is 141 Å². The van der Waals surface area contributed by atoms with Crippen molar-refractivity contribution >= 4 is 12.0 Å². The van der Waals surface area contributed by atoms with Crippen molar-refractivity contribution in [2.24, 2.45) is 0 Å². The van der Waals surface area contributed by atoms with Crippen molar-refractivity contribution in [3.8, 4) is 11.4 Å². The highest BCUT2D eigenvalue weighted by atomic mass is 16.5. The summed E-state index contributed by atoms with van der Waals surface area (Å²) in [5.74, 6) is 0.593. The van der Waals surface area contributed by atoms with E-state index in [0.717, 1.165) is 23.5 Å². The van der Waals surface area contributed by atoms with E-state index in [1.807, 2.05) is 54.9 Å². The van der Waals surface area contributed by atoms with Gasteiger partial charge in [0.1, 0.15) is 5.82 Å². The number of carbonyl (C=O) groups excluding carboxylic acids is 1. The number of ether oxygens (including phenoxy) is 1. The fourth-order valence-electron chi connectivity index (χ4n) is 2.45. The Hall–Kier alpha value is -3.14. The smallest absolute Gasteiger partial charge is 0.330 e. The van der Waals surface area contributed by atoms with E-state index in [1.54, 1.807) is 6.08 Å². The lowest BCUT2D eigenvalue weighted by Crippen LogP contribution is -2.01. The molecule has 4 heteroatoms. The lowest BCUT2D eigenvalue weighted by atomic mass is 10.1. The van der Waals surface area contributed by atoms with E-state index in [2.05, 4.69) is 26.4 Å². The van der Waals surface area contributed by atoms with Crippen molar-refractivity contribution in [2.45, 2.75) is 6.54 Å². The molecule has 0 amide bonds. The minimum Gasteiger partial charge on any atom is -0.466 e. The second-order valence-corrected chi connectivity index (χ2v) is 5.34. The van der Waals surface area contributed by atoms with Crippen LogP contribution in [0.2, 0.25) is 0 Å². The molecule has 0 aliphatic rings. The molecule has 0 spiro atoms. The summed E-state index contributed by atoms with van der Waals surface area (Å²) in [6.45, 7) is 0.741. The molecule has 0 fully saturated rings. The van der Waals surface area contributed by atoms with Crippen molar-refractivity contribution in [1.82, 2.24) is 9.55 Å². The van der Waals surface area contributed by atoms with Crippen molar-refractivity contribution in [3.05, 3.63) is 84.2 Å². The first kappa shape index (κ1) is 15.7. The van der Waals surface area contributed by atoms with Gasteiger partial charge in [-0.3, -0.25) is 0 Å². The van der Waals surface area contributed by atoms with E-state index in [9.17, 15) is 4.79 Å². The van der Waals surface area contributed by atoms with Gasteiger partial charge in [-0.05, 0) is 17.2 Å². The number of carbonyl (C=O) groups is 1. The van der Waals surface area contributed by atoms with Crippen LogP contribution in [0.1, 0.15) is 11.1 Å². The quantitative estimate of drug-likeness (QED) is 0.531. The van der Waals surface area contributed by atoms with E-state index < -0.39 is 0 Å². The predicted octanol–water partition coefficient (Wildman–Crippen LogP) is 3.78. The highest BCUT2D eigenvalue weighted by Crippen LogP contribution is 2.18. The van der Waals surface area contributed by atoms with Crippen molar-refractivity contribution in [2.75, 3.05) is 7.11 Å². The molecule has 3 aromatic rings. The van der Waals surface area contributed by atoms with E-state index in [0.29, 0.717) is 0 Å². The molecule has 0 saturated carbocycles.